The number of hydrogen-bond acceptors (Lipinski definition) is 5. The van der Waals surface area contributed by atoms with Crippen molar-refractivity contribution in [2.75, 3.05) is 11.5 Å². The first-order valence-electron chi connectivity index (χ1n) is 4.86. The van der Waals surface area contributed by atoms with Crippen LogP contribution in [0.25, 0.3) is 0 Å². The van der Waals surface area contributed by atoms with E-state index in [2.05, 4.69) is 10.2 Å². The molecule has 5 nitrogen and oxygen atoms in total. The smallest absolute Gasteiger partial charge is 0.153 e. The van der Waals surface area contributed by atoms with Crippen molar-refractivity contribution in [3.63, 3.8) is 0 Å². The largest absolute Gasteiger partial charge is 0.397 e. The average molecular weight is 227 g/mol. The zero-order valence-corrected chi connectivity index (χ0v) is 9.07. The van der Waals surface area contributed by atoms with Gasteiger partial charge in [0.1, 0.15) is 0 Å². The van der Waals surface area contributed by atoms with Crippen molar-refractivity contribution in [1.82, 2.24) is 10.2 Å². The molecule has 82 valence electrons. The molecule has 0 amide bonds. The molecule has 0 radical (unpaired) electrons. The second kappa shape index (κ2) is 3.77. The lowest BCUT2D eigenvalue weighted by Gasteiger charge is -2.07. The molecule has 2 heterocycles. The maximum absolute atomic E-state index is 11.6. The Hall–Kier alpha value is -1.17. The standard InChI is InChI=1S/C9H13N3O2S/c10-7-4-8(12-11-6-7)5-9-2-1-3-15(9,13)14/h4,6,9H,1-3,5H2,(H2,10,12). The fourth-order valence-corrected chi connectivity index (χ4v) is 3.70. The van der Waals surface area contributed by atoms with E-state index in [1.165, 1.54) is 6.20 Å². The highest BCUT2D eigenvalue weighted by Gasteiger charge is 2.31. The van der Waals surface area contributed by atoms with E-state index >= 15 is 0 Å². The Kier molecular flexibility index (Phi) is 2.60. The van der Waals surface area contributed by atoms with Crippen molar-refractivity contribution >= 4 is 15.5 Å². The quantitative estimate of drug-likeness (QED) is 0.778. The molecule has 1 atom stereocenters. The summed E-state index contributed by atoms with van der Waals surface area (Å²) in [6, 6.07) is 1.68. The lowest BCUT2D eigenvalue weighted by atomic mass is 10.1. The van der Waals surface area contributed by atoms with E-state index in [1.54, 1.807) is 6.07 Å². The van der Waals surface area contributed by atoms with Gasteiger partial charge in [0.05, 0.1) is 28.6 Å². The Morgan fingerprint density at radius 3 is 2.93 bits per heavy atom. The van der Waals surface area contributed by atoms with Crippen molar-refractivity contribution in [3.8, 4) is 0 Å². The molecule has 1 aliphatic heterocycles. The van der Waals surface area contributed by atoms with E-state index in [4.69, 9.17) is 5.73 Å². The fourth-order valence-electron chi connectivity index (χ4n) is 1.85. The van der Waals surface area contributed by atoms with Gasteiger partial charge < -0.3 is 5.73 Å². The monoisotopic (exact) mass is 227 g/mol. The van der Waals surface area contributed by atoms with Crippen LogP contribution in [0, 0.1) is 0 Å². The van der Waals surface area contributed by atoms with Crippen molar-refractivity contribution in [1.29, 1.82) is 0 Å². The third-order valence-electron chi connectivity index (χ3n) is 2.63. The van der Waals surface area contributed by atoms with Crippen LogP contribution in [0.3, 0.4) is 0 Å². The minimum atomic E-state index is -2.91. The van der Waals surface area contributed by atoms with Crippen LogP contribution < -0.4 is 5.73 Å². The molecule has 1 aromatic heterocycles. The predicted molar refractivity (Wildman–Crippen MR) is 57.0 cm³/mol. The summed E-state index contributed by atoms with van der Waals surface area (Å²) in [5.74, 6) is 0.299. The summed E-state index contributed by atoms with van der Waals surface area (Å²) >= 11 is 0. The van der Waals surface area contributed by atoms with Gasteiger partial charge in [0.25, 0.3) is 0 Å². The molecule has 2 rings (SSSR count). The van der Waals surface area contributed by atoms with Gasteiger partial charge in [0.15, 0.2) is 9.84 Å². The van der Waals surface area contributed by atoms with Gasteiger partial charge in [-0.05, 0) is 18.9 Å². The normalized spacial score (nSPS) is 24.1. The molecule has 0 aromatic carbocycles. The molecule has 1 unspecified atom stereocenters. The topological polar surface area (TPSA) is 85.9 Å². The number of nitrogens with zero attached hydrogens (tertiary/aromatic N) is 2. The Bertz CT molecular complexity index is 458. The lowest BCUT2D eigenvalue weighted by molar-refractivity contribution is 0.587. The fraction of sp³-hybridized carbons (Fsp3) is 0.556. The second-order valence-corrected chi connectivity index (χ2v) is 6.22. The first-order chi connectivity index (χ1) is 7.08. The molecule has 1 aliphatic rings. The lowest BCUT2D eigenvalue weighted by Crippen LogP contribution is -2.19. The number of aromatic nitrogens is 2. The van der Waals surface area contributed by atoms with Crippen molar-refractivity contribution in [3.05, 3.63) is 18.0 Å². The van der Waals surface area contributed by atoms with Gasteiger partial charge in [0, 0.05) is 6.42 Å². The van der Waals surface area contributed by atoms with Crippen molar-refractivity contribution < 1.29 is 8.42 Å². The minimum Gasteiger partial charge on any atom is -0.397 e. The Balaban J connectivity index is 2.16. The van der Waals surface area contributed by atoms with Gasteiger partial charge in [-0.15, -0.1) is 0 Å². The van der Waals surface area contributed by atoms with E-state index in [9.17, 15) is 8.42 Å². The maximum Gasteiger partial charge on any atom is 0.153 e. The van der Waals surface area contributed by atoms with Gasteiger partial charge in [0.2, 0.25) is 0 Å². The highest BCUT2D eigenvalue weighted by atomic mass is 32.2. The minimum absolute atomic E-state index is 0.298. The maximum atomic E-state index is 11.6. The molecule has 0 aliphatic carbocycles. The summed E-state index contributed by atoms with van der Waals surface area (Å²) < 4.78 is 23.1. The molecule has 0 bridgehead atoms. The summed E-state index contributed by atoms with van der Waals surface area (Å²) in [7, 11) is -2.91. The van der Waals surface area contributed by atoms with E-state index < -0.39 is 9.84 Å². The average Bonchev–Trinajstić information content (AvgIpc) is 2.46. The van der Waals surface area contributed by atoms with Gasteiger partial charge in [-0.2, -0.15) is 10.2 Å². The Labute approximate surface area is 88.6 Å². The third kappa shape index (κ3) is 2.26. The number of anilines is 1. The second-order valence-electron chi connectivity index (χ2n) is 3.82. The number of sulfone groups is 1. The SMILES string of the molecule is Nc1cnnc(CC2CCCS2(=O)=O)c1. The van der Waals surface area contributed by atoms with Gasteiger partial charge in [-0.3, -0.25) is 0 Å². The number of nitrogen functional groups attached to an aromatic ring is 1. The molecule has 1 fully saturated rings. The summed E-state index contributed by atoms with van der Waals surface area (Å²) in [6.45, 7) is 0. The summed E-state index contributed by atoms with van der Waals surface area (Å²) in [5.41, 5.74) is 6.73. The van der Waals surface area contributed by atoms with E-state index in [0.717, 1.165) is 12.8 Å². The Morgan fingerprint density at radius 1 is 1.53 bits per heavy atom. The van der Waals surface area contributed by atoms with Gasteiger partial charge >= 0.3 is 0 Å². The summed E-state index contributed by atoms with van der Waals surface area (Å²) in [4.78, 5) is 0. The van der Waals surface area contributed by atoms with Crippen LogP contribution in [-0.4, -0.2) is 29.6 Å². The molecule has 1 saturated heterocycles. The van der Waals surface area contributed by atoms with Crippen LogP contribution in [0.1, 0.15) is 18.5 Å². The molecule has 6 heteroatoms. The molecule has 0 spiro atoms. The van der Waals surface area contributed by atoms with E-state index in [0.29, 0.717) is 23.6 Å². The Morgan fingerprint density at radius 2 is 2.33 bits per heavy atom. The first kappa shape index (κ1) is 10.4. The van der Waals surface area contributed by atoms with Gasteiger partial charge in [-0.25, -0.2) is 8.42 Å². The zero-order chi connectivity index (χ0) is 10.9. The third-order valence-corrected chi connectivity index (χ3v) is 4.90. The van der Waals surface area contributed by atoms with Crippen LogP contribution in [0.4, 0.5) is 5.69 Å². The van der Waals surface area contributed by atoms with Crippen molar-refractivity contribution in [2.24, 2.45) is 0 Å². The van der Waals surface area contributed by atoms with Crippen LogP contribution in [0.2, 0.25) is 0 Å². The van der Waals surface area contributed by atoms with E-state index in [1.807, 2.05) is 0 Å². The van der Waals surface area contributed by atoms with Crippen LogP contribution in [0.5, 0.6) is 0 Å². The van der Waals surface area contributed by atoms with Gasteiger partial charge in [-0.1, -0.05) is 0 Å². The highest BCUT2D eigenvalue weighted by Crippen LogP contribution is 2.23. The molecule has 1 aromatic rings. The molecular weight excluding hydrogens is 214 g/mol. The van der Waals surface area contributed by atoms with Crippen LogP contribution >= 0.6 is 0 Å². The molecule has 0 saturated carbocycles. The first-order valence-corrected chi connectivity index (χ1v) is 6.58. The number of rotatable bonds is 2. The van der Waals surface area contributed by atoms with Crippen LogP contribution in [0.15, 0.2) is 12.3 Å². The highest BCUT2D eigenvalue weighted by molar-refractivity contribution is 7.92. The van der Waals surface area contributed by atoms with E-state index in [-0.39, 0.29) is 5.25 Å². The number of nitrogens with two attached hydrogens (primary N) is 1. The molecule has 15 heavy (non-hydrogen) atoms. The molecular formula is C9H13N3O2S. The number of hydrogen-bond donors (Lipinski definition) is 1. The summed E-state index contributed by atoms with van der Waals surface area (Å²) in [6.07, 6.45) is 3.36. The summed E-state index contributed by atoms with van der Waals surface area (Å²) in [5, 5.41) is 7.28. The predicted octanol–water partition coefficient (Wildman–Crippen LogP) is 0.179. The van der Waals surface area contributed by atoms with Crippen molar-refractivity contribution in [2.45, 2.75) is 24.5 Å². The zero-order valence-electron chi connectivity index (χ0n) is 8.26. The van der Waals surface area contributed by atoms with Crippen LogP contribution in [-0.2, 0) is 16.3 Å². The molecule has 2 N–H and O–H groups in total.